The Balaban J connectivity index is 5.25. The molecule has 4 amide bonds. The largest absolute Gasteiger partial charge is 0.480 e. The molecule has 5 unspecified atom stereocenters. The number of nitrogens with two attached hydrogens (primary N) is 4. The van der Waals surface area contributed by atoms with Crippen LogP contribution in [-0.2, 0) is 24.0 Å². The van der Waals surface area contributed by atoms with E-state index in [4.69, 9.17) is 22.9 Å². The van der Waals surface area contributed by atoms with Crippen molar-refractivity contribution in [2.75, 3.05) is 13.2 Å². The van der Waals surface area contributed by atoms with Crippen LogP contribution in [0, 0.1) is 5.92 Å². The number of primary amides is 1. The summed E-state index contributed by atoms with van der Waals surface area (Å²) in [5, 5.41) is 25.9. The van der Waals surface area contributed by atoms with Gasteiger partial charge in [0.2, 0.25) is 23.6 Å². The molecule has 0 bridgehead atoms. The fourth-order valence-electron chi connectivity index (χ4n) is 2.76. The number of hydrogen-bond donors (Lipinski definition) is 9. The van der Waals surface area contributed by atoms with Gasteiger partial charge in [-0.25, -0.2) is 4.79 Å². The number of guanidine groups is 1. The van der Waals surface area contributed by atoms with Gasteiger partial charge in [-0.1, -0.05) is 20.3 Å². The Morgan fingerprint density at radius 3 is 2.00 bits per heavy atom. The number of hydrogen-bond acceptors (Lipinski definition) is 8. The molecule has 15 heteroatoms. The van der Waals surface area contributed by atoms with Gasteiger partial charge in [-0.2, -0.15) is 0 Å². The summed E-state index contributed by atoms with van der Waals surface area (Å²) in [4.78, 5) is 63.7. The molecule has 0 fully saturated rings. The predicted octanol–water partition coefficient (Wildman–Crippen LogP) is -4.18. The number of nitrogens with zero attached hydrogens (tertiary/aromatic N) is 1. The lowest BCUT2D eigenvalue weighted by Crippen LogP contribution is -2.59. The van der Waals surface area contributed by atoms with Crippen LogP contribution in [0.1, 0.15) is 39.5 Å². The van der Waals surface area contributed by atoms with Crippen molar-refractivity contribution in [2.24, 2.45) is 33.8 Å². The first-order chi connectivity index (χ1) is 15.8. The normalized spacial score (nSPS) is 15.1. The average Bonchev–Trinajstić information content (AvgIpc) is 2.75. The number of aliphatic imine (C=N–C) groups is 1. The molecule has 0 aromatic heterocycles. The summed E-state index contributed by atoms with van der Waals surface area (Å²) in [6, 6.07) is -5.23. The molecule has 13 N–H and O–H groups in total. The van der Waals surface area contributed by atoms with Crippen LogP contribution in [0.4, 0.5) is 0 Å². The number of aliphatic hydroxyl groups excluding tert-OH is 1. The number of aliphatic carboxylic acids is 1. The topological polar surface area (TPSA) is 278 Å². The molecule has 0 heterocycles. The number of amides is 4. The highest BCUT2D eigenvalue weighted by Gasteiger charge is 2.32. The summed E-state index contributed by atoms with van der Waals surface area (Å²) in [5.41, 5.74) is 21.0. The molecule has 0 aliphatic heterocycles. The van der Waals surface area contributed by atoms with Crippen LogP contribution in [-0.4, -0.2) is 83.1 Å². The Bertz CT molecular complexity index is 757. The first kappa shape index (κ1) is 30.5. The minimum Gasteiger partial charge on any atom is -0.480 e. The lowest BCUT2D eigenvalue weighted by atomic mass is 9.97. The SMILES string of the molecule is CCC(C)C(NC(=O)C(N)CC(N)=O)C(=O)NC(CO)C(=O)NC(CCCN=C(N)N)C(=O)O. The van der Waals surface area contributed by atoms with Gasteiger partial charge in [0.1, 0.15) is 18.1 Å². The van der Waals surface area contributed by atoms with E-state index in [-0.39, 0.29) is 25.3 Å². The third-order valence-electron chi connectivity index (χ3n) is 4.93. The van der Waals surface area contributed by atoms with Crippen LogP contribution in [0.5, 0.6) is 0 Å². The average molecular weight is 489 g/mol. The zero-order chi connectivity index (χ0) is 26.4. The zero-order valence-electron chi connectivity index (χ0n) is 19.3. The van der Waals surface area contributed by atoms with Crippen molar-refractivity contribution in [2.45, 2.75) is 63.7 Å². The molecule has 0 aliphatic rings. The third kappa shape index (κ3) is 11.4. The fraction of sp³-hybridized carbons (Fsp3) is 0.684. The van der Waals surface area contributed by atoms with E-state index in [1.807, 2.05) is 0 Å². The molecule has 0 saturated heterocycles. The summed E-state index contributed by atoms with van der Waals surface area (Å²) in [6.45, 7) is 2.74. The monoisotopic (exact) mass is 488 g/mol. The van der Waals surface area contributed by atoms with E-state index in [1.165, 1.54) is 0 Å². The number of aliphatic hydroxyl groups is 1. The molecule has 34 heavy (non-hydrogen) atoms. The van der Waals surface area contributed by atoms with Gasteiger partial charge >= 0.3 is 5.97 Å². The van der Waals surface area contributed by atoms with E-state index >= 15 is 0 Å². The second kappa shape index (κ2) is 15.4. The minimum absolute atomic E-state index is 0.00670. The first-order valence-electron chi connectivity index (χ1n) is 10.7. The molecular weight excluding hydrogens is 452 g/mol. The van der Waals surface area contributed by atoms with Gasteiger partial charge in [-0.15, -0.1) is 0 Å². The maximum Gasteiger partial charge on any atom is 0.326 e. The van der Waals surface area contributed by atoms with E-state index in [0.29, 0.717) is 6.42 Å². The molecule has 0 spiro atoms. The summed E-state index contributed by atoms with van der Waals surface area (Å²) < 4.78 is 0. The van der Waals surface area contributed by atoms with Gasteiger partial charge in [-0.3, -0.25) is 24.2 Å². The highest BCUT2D eigenvalue weighted by molar-refractivity contribution is 5.95. The lowest BCUT2D eigenvalue weighted by molar-refractivity contribution is -0.142. The Morgan fingerprint density at radius 1 is 0.941 bits per heavy atom. The molecule has 0 aromatic rings. The van der Waals surface area contributed by atoms with E-state index in [0.717, 1.165) is 0 Å². The first-order valence-corrected chi connectivity index (χ1v) is 10.7. The number of carbonyl (C=O) groups excluding carboxylic acids is 4. The maximum absolute atomic E-state index is 12.8. The number of carbonyl (C=O) groups is 5. The Morgan fingerprint density at radius 2 is 1.53 bits per heavy atom. The Hall–Kier alpha value is -3.46. The minimum atomic E-state index is -1.49. The van der Waals surface area contributed by atoms with Crippen molar-refractivity contribution in [1.29, 1.82) is 0 Å². The smallest absolute Gasteiger partial charge is 0.326 e. The molecular formula is C19H36N8O7. The molecule has 0 aliphatic carbocycles. The van der Waals surface area contributed by atoms with Crippen LogP contribution >= 0.6 is 0 Å². The van der Waals surface area contributed by atoms with E-state index < -0.39 is 72.7 Å². The molecule has 0 saturated carbocycles. The maximum atomic E-state index is 12.8. The van der Waals surface area contributed by atoms with Crippen molar-refractivity contribution in [3.8, 4) is 0 Å². The van der Waals surface area contributed by atoms with Crippen molar-refractivity contribution in [1.82, 2.24) is 16.0 Å². The lowest BCUT2D eigenvalue weighted by Gasteiger charge is -2.27. The summed E-state index contributed by atoms with van der Waals surface area (Å²) in [6.07, 6.45) is 0.268. The van der Waals surface area contributed by atoms with Crippen LogP contribution in [0.3, 0.4) is 0 Å². The van der Waals surface area contributed by atoms with Gasteiger partial charge in [0.05, 0.1) is 19.1 Å². The molecule has 5 atom stereocenters. The highest BCUT2D eigenvalue weighted by atomic mass is 16.4. The highest BCUT2D eigenvalue weighted by Crippen LogP contribution is 2.09. The van der Waals surface area contributed by atoms with Crippen molar-refractivity contribution < 1.29 is 34.2 Å². The van der Waals surface area contributed by atoms with Gasteiger partial charge in [0.25, 0.3) is 0 Å². The molecule has 0 aromatic carbocycles. The molecule has 0 rings (SSSR count). The van der Waals surface area contributed by atoms with Crippen molar-refractivity contribution in [3.63, 3.8) is 0 Å². The second-order valence-corrected chi connectivity index (χ2v) is 7.74. The zero-order valence-corrected chi connectivity index (χ0v) is 19.3. The number of rotatable bonds is 16. The van der Waals surface area contributed by atoms with Gasteiger partial charge < -0.3 is 49.1 Å². The van der Waals surface area contributed by atoms with Crippen LogP contribution < -0.4 is 38.9 Å². The van der Waals surface area contributed by atoms with Gasteiger partial charge in [0.15, 0.2) is 5.96 Å². The fourth-order valence-corrected chi connectivity index (χ4v) is 2.76. The standard InChI is InChI=1S/C19H36N8O7/c1-3-9(2)14(27-15(30)10(20)7-13(21)29)17(32)26-12(8-28)16(31)25-11(18(33)34)5-4-6-24-19(22)23/h9-12,14,28H,3-8,20H2,1-2H3,(H2,21,29)(H,25,31)(H,26,32)(H,27,30)(H,33,34)(H4,22,23,24). The van der Waals surface area contributed by atoms with Gasteiger partial charge in [0, 0.05) is 6.54 Å². The molecule has 0 radical (unpaired) electrons. The summed E-state index contributed by atoms with van der Waals surface area (Å²) in [5.74, 6) is -5.22. The quantitative estimate of drug-likeness (QED) is 0.0573. The third-order valence-corrected chi connectivity index (χ3v) is 4.93. The van der Waals surface area contributed by atoms with Crippen molar-refractivity contribution in [3.05, 3.63) is 0 Å². The van der Waals surface area contributed by atoms with E-state index in [2.05, 4.69) is 20.9 Å². The summed E-state index contributed by atoms with van der Waals surface area (Å²) in [7, 11) is 0. The van der Waals surface area contributed by atoms with Crippen LogP contribution in [0.15, 0.2) is 4.99 Å². The second-order valence-electron chi connectivity index (χ2n) is 7.74. The van der Waals surface area contributed by atoms with Gasteiger partial charge in [-0.05, 0) is 18.8 Å². The Kier molecular flexibility index (Phi) is 13.8. The van der Waals surface area contributed by atoms with E-state index in [9.17, 15) is 34.2 Å². The molecule has 194 valence electrons. The summed E-state index contributed by atoms with van der Waals surface area (Å²) >= 11 is 0. The predicted molar refractivity (Wildman–Crippen MR) is 122 cm³/mol. The van der Waals surface area contributed by atoms with E-state index in [1.54, 1.807) is 13.8 Å². The van der Waals surface area contributed by atoms with Crippen LogP contribution in [0.25, 0.3) is 0 Å². The molecule has 15 nitrogen and oxygen atoms in total. The number of carboxylic acids is 1. The number of nitrogens with one attached hydrogen (secondary N) is 3. The Labute approximate surface area is 197 Å². The number of carboxylic acid groups (broad SMARTS) is 1. The van der Waals surface area contributed by atoms with Crippen LogP contribution in [0.2, 0.25) is 0 Å². The van der Waals surface area contributed by atoms with Crippen molar-refractivity contribution >= 4 is 35.6 Å².